The number of halogens is 4. The molecule has 2 heterocycles. The maximum Gasteiger partial charge on any atom is 0.182 e. The summed E-state index contributed by atoms with van der Waals surface area (Å²) in [6.07, 6.45) is 2.22. The van der Waals surface area contributed by atoms with Gasteiger partial charge in [0, 0.05) is 17.5 Å². The van der Waals surface area contributed by atoms with Gasteiger partial charge in [0.25, 0.3) is 0 Å². The van der Waals surface area contributed by atoms with Crippen LogP contribution in [0.15, 0.2) is 30.9 Å². The molecule has 0 unspecified atom stereocenters. The molecule has 1 aromatic carbocycles. The van der Waals surface area contributed by atoms with Crippen LogP contribution in [0, 0.1) is 17.5 Å². The van der Waals surface area contributed by atoms with E-state index < -0.39 is 34.1 Å². The predicted octanol–water partition coefficient (Wildman–Crippen LogP) is 2.23. The van der Waals surface area contributed by atoms with Gasteiger partial charge >= 0.3 is 0 Å². The summed E-state index contributed by atoms with van der Waals surface area (Å²) in [6.45, 7) is 1.08. The van der Waals surface area contributed by atoms with Crippen molar-refractivity contribution in [2.45, 2.75) is 25.0 Å². The van der Waals surface area contributed by atoms with E-state index in [0.717, 1.165) is 23.1 Å². The molecular weight excluding hydrogens is 373 g/mol. The molecule has 26 heavy (non-hydrogen) atoms. The van der Waals surface area contributed by atoms with Crippen molar-refractivity contribution in [1.82, 2.24) is 30.2 Å². The average Bonchev–Trinajstić information content (AvgIpc) is 3.09. The van der Waals surface area contributed by atoms with E-state index in [-0.39, 0.29) is 17.8 Å². The maximum absolute atomic E-state index is 14.4. The van der Waals surface area contributed by atoms with Gasteiger partial charge in [0.15, 0.2) is 11.0 Å². The van der Waals surface area contributed by atoms with Crippen LogP contribution in [0.1, 0.15) is 24.1 Å². The molecule has 0 amide bonds. The standard InChI is InChI=1S/C15H12ClF3N6O/c1-8(13-12(19)14(16)21-6-20-13)15(26,5-25-7-22-23-24-25)10-3-2-9(17)4-11(10)18/h2-4,6-8,26H,5H2,1H3/t8-,15+/m0/s1. The Morgan fingerprint density at radius 2 is 2.04 bits per heavy atom. The molecule has 0 spiro atoms. The lowest BCUT2D eigenvalue weighted by molar-refractivity contribution is -0.0137. The van der Waals surface area contributed by atoms with Gasteiger partial charge in [-0.25, -0.2) is 27.8 Å². The van der Waals surface area contributed by atoms with Gasteiger partial charge in [-0.2, -0.15) is 0 Å². The fourth-order valence-corrected chi connectivity index (χ4v) is 2.82. The van der Waals surface area contributed by atoms with Crippen molar-refractivity contribution < 1.29 is 18.3 Å². The summed E-state index contributed by atoms with van der Waals surface area (Å²) >= 11 is 5.68. The van der Waals surface area contributed by atoms with Crippen LogP contribution in [0.25, 0.3) is 0 Å². The summed E-state index contributed by atoms with van der Waals surface area (Å²) in [5.41, 5.74) is -2.56. The fourth-order valence-electron chi connectivity index (χ4n) is 2.68. The second-order valence-corrected chi connectivity index (χ2v) is 6.00. The molecule has 3 aromatic rings. The molecule has 0 aliphatic heterocycles. The minimum atomic E-state index is -2.06. The lowest BCUT2D eigenvalue weighted by Gasteiger charge is -2.34. The number of aromatic nitrogens is 6. The Labute approximate surface area is 150 Å². The molecule has 0 fully saturated rings. The van der Waals surface area contributed by atoms with Crippen molar-refractivity contribution in [2.24, 2.45) is 0 Å². The molecule has 0 saturated carbocycles. The number of rotatable bonds is 5. The third-order valence-corrected chi connectivity index (χ3v) is 4.36. The fraction of sp³-hybridized carbons (Fsp3) is 0.267. The number of aliphatic hydroxyl groups is 1. The van der Waals surface area contributed by atoms with E-state index in [9.17, 15) is 18.3 Å². The molecule has 0 aliphatic rings. The van der Waals surface area contributed by atoms with Gasteiger partial charge in [0.05, 0.1) is 12.2 Å². The second-order valence-electron chi connectivity index (χ2n) is 5.64. The number of benzene rings is 1. The average molecular weight is 385 g/mol. The van der Waals surface area contributed by atoms with Crippen LogP contribution in [-0.2, 0) is 12.1 Å². The number of hydrogen-bond acceptors (Lipinski definition) is 6. The maximum atomic E-state index is 14.4. The van der Waals surface area contributed by atoms with E-state index in [1.54, 1.807) is 0 Å². The van der Waals surface area contributed by atoms with Crippen molar-refractivity contribution in [1.29, 1.82) is 0 Å². The van der Waals surface area contributed by atoms with Gasteiger partial charge in [-0.05, 0) is 16.5 Å². The number of nitrogens with zero attached hydrogens (tertiary/aromatic N) is 6. The Balaban J connectivity index is 2.15. The highest BCUT2D eigenvalue weighted by Crippen LogP contribution is 2.40. The quantitative estimate of drug-likeness (QED) is 0.678. The molecule has 0 bridgehead atoms. The van der Waals surface area contributed by atoms with Crippen molar-refractivity contribution in [3.05, 3.63) is 64.7 Å². The van der Waals surface area contributed by atoms with E-state index in [1.807, 2.05) is 0 Å². The van der Waals surface area contributed by atoms with Crippen LogP contribution in [-0.4, -0.2) is 35.3 Å². The van der Waals surface area contributed by atoms with E-state index in [0.29, 0.717) is 6.07 Å². The Morgan fingerprint density at radius 1 is 1.27 bits per heavy atom. The van der Waals surface area contributed by atoms with Crippen molar-refractivity contribution in [3.8, 4) is 0 Å². The molecule has 136 valence electrons. The lowest BCUT2D eigenvalue weighted by atomic mass is 9.79. The molecule has 2 aromatic heterocycles. The molecule has 7 nitrogen and oxygen atoms in total. The topological polar surface area (TPSA) is 89.6 Å². The van der Waals surface area contributed by atoms with Crippen LogP contribution in [0.3, 0.4) is 0 Å². The third-order valence-electron chi connectivity index (χ3n) is 4.09. The minimum Gasteiger partial charge on any atom is -0.382 e. The first-order valence-electron chi connectivity index (χ1n) is 7.37. The molecule has 11 heteroatoms. The molecule has 1 N–H and O–H groups in total. The zero-order chi connectivity index (χ0) is 18.9. The molecule has 0 aliphatic carbocycles. The molecule has 0 saturated heterocycles. The predicted molar refractivity (Wildman–Crippen MR) is 83.5 cm³/mol. The zero-order valence-corrected chi connectivity index (χ0v) is 14.1. The van der Waals surface area contributed by atoms with Gasteiger partial charge in [-0.15, -0.1) is 5.10 Å². The van der Waals surface area contributed by atoms with Crippen molar-refractivity contribution in [3.63, 3.8) is 0 Å². The smallest absolute Gasteiger partial charge is 0.182 e. The first kappa shape index (κ1) is 18.2. The summed E-state index contributed by atoms with van der Waals surface area (Å²) < 4.78 is 43.2. The highest BCUT2D eigenvalue weighted by molar-refractivity contribution is 6.29. The van der Waals surface area contributed by atoms with Crippen LogP contribution in [0.5, 0.6) is 0 Å². The first-order chi connectivity index (χ1) is 12.3. The number of tetrazole rings is 1. The van der Waals surface area contributed by atoms with Gasteiger partial charge in [-0.3, -0.25) is 0 Å². The Bertz CT molecular complexity index is 926. The summed E-state index contributed by atoms with van der Waals surface area (Å²) in [7, 11) is 0. The summed E-state index contributed by atoms with van der Waals surface area (Å²) in [5, 5.41) is 21.4. The Morgan fingerprint density at radius 3 is 2.69 bits per heavy atom. The minimum absolute atomic E-state index is 0.232. The highest BCUT2D eigenvalue weighted by atomic mass is 35.5. The van der Waals surface area contributed by atoms with Gasteiger partial charge in [-0.1, -0.05) is 24.6 Å². The van der Waals surface area contributed by atoms with E-state index in [4.69, 9.17) is 11.6 Å². The normalized spacial score (nSPS) is 14.8. The van der Waals surface area contributed by atoms with Gasteiger partial charge in [0.2, 0.25) is 0 Å². The van der Waals surface area contributed by atoms with Crippen LogP contribution >= 0.6 is 11.6 Å². The summed E-state index contributed by atoms with van der Waals surface area (Å²) in [4.78, 5) is 7.34. The van der Waals surface area contributed by atoms with E-state index >= 15 is 0 Å². The van der Waals surface area contributed by atoms with Gasteiger partial charge in [0.1, 0.15) is 29.9 Å². The van der Waals surface area contributed by atoms with Crippen molar-refractivity contribution in [2.75, 3.05) is 0 Å². The second kappa shape index (κ2) is 6.96. The molecule has 0 radical (unpaired) electrons. The van der Waals surface area contributed by atoms with Gasteiger partial charge < -0.3 is 5.11 Å². The van der Waals surface area contributed by atoms with E-state index in [1.165, 1.54) is 13.3 Å². The SMILES string of the molecule is C[C@@H](c1ncnc(Cl)c1F)[C@](O)(Cn1cnnn1)c1ccc(F)cc1F. The van der Waals surface area contributed by atoms with Crippen LogP contribution in [0.4, 0.5) is 13.2 Å². The molecule has 3 rings (SSSR count). The lowest BCUT2D eigenvalue weighted by Crippen LogP contribution is -2.39. The highest BCUT2D eigenvalue weighted by Gasteiger charge is 2.42. The first-order valence-corrected chi connectivity index (χ1v) is 7.75. The Hall–Kier alpha value is -2.59. The van der Waals surface area contributed by atoms with Crippen LogP contribution < -0.4 is 0 Å². The Kier molecular flexibility index (Phi) is 4.88. The molecule has 2 atom stereocenters. The largest absolute Gasteiger partial charge is 0.382 e. The zero-order valence-electron chi connectivity index (χ0n) is 13.3. The van der Waals surface area contributed by atoms with Crippen LogP contribution in [0.2, 0.25) is 5.15 Å². The number of hydrogen-bond donors (Lipinski definition) is 1. The third kappa shape index (κ3) is 3.25. The summed E-state index contributed by atoms with van der Waals surface area (Å²) in [6, 6.07) is 2.68. The van der Waals surface area contributed by atoms with E-state index in [2.05, 4.69) is 25.5 Å². The molecular formula is C15H12ClF3N6O. The van der Waals surface area contributed by atoms with Crippen molar-refractivity contribution >= 4 is 11.6 Å². The summed E-state index contributed by atoms with van der Waals surface area (Å²) in [5.74, 6) is -3.88. The monoisotopic (exact) mass is 384 g/mol.